The topological polar surface area (TPSA) is 56.2 Å². The highest BCUT2D eigenvalue weighted by Crippen LogP contribution is 2.21. The van der Waals surface area contributed by atoms with E-state index in [9.17, 15) is 4.79 Å². The zero-order valence-corrected chi connectivity index (χ0v) is 7.44. The Bertz CT molecular complexity index is 445. The molecule has 70 valence electrons. The first-order valence-corrected chi connectivity index (χ1v) is 4.22. The molecule has 3 nitrogen and oxygen atoms in total. The highest BCUT2D eigenvalue weighted by atomic mass is 16.3. The molecule has 0 aliphatic heterocycles. The lowest BCUT2D eigenvalue weighted by atomic mass is 10.2. The molecule has 0 spiro atoms. The van der Waals surface area contributed by atoms with Crippen molar-refractivity contribution in [3.8, 4) is 11.3 Å². The molecule has 0 atom stereocenters. The Labute approximate surface area is 81.1 Å². The van der Waals surface area contributed by atoms with Gasteiger partial charge in [0.15, 0.2) is 5.76 Å². The zero-order chi connectivity index (χ0) is 9.97. The predicted molar refractivity (Wildman–Crippen MR) is 52.7 cm³/mol. The van der Waals surface area contributed by atoms with Crippen molar-refractivity contribution < 1.29 is 9.21 Å². The van der Waals surface area contributed by atoms with Crippen molar-refractivity contribution in [1.82, 2.24) is 0 Å². The molecule has 1 heterocycles. The number of benzene rings is 1. The molecule has 2 N–H and O–H groups in total. The van der Waals surface area contributed by atoms with Crippen LogP contribution in [-0.2, 0) is 0 Å². The van der Waals surface area contributed by atoms with Crippen LogP contribution in [-0.4, -0.2) is 5.91 Å². The van der Waals surface area contributed by atoms with Crippen LogP contribution >= 0.6 is 0 Å². The van der Waals surface area contributed by atoms with Gasteiger partial charge < -0.3 is 10.2 Å². The standard InChI is InChI=1S/C11H9NO2/c12-11(13)10-7-6-9(14-10)8-4-2-1-3-5-8/h1-7H,(H2,12,13). The summed E-state index contributed by atoms with van der Waals surface area (Å²) in [4.78, 5) is 10.8. The molecule has 1 aromatic carbocycles. The van der Waals surface area contributed by atoms with Crippen LogP contribution in [0.2, 0.25) is 0 Å². The number of hydrogen-bond donors (Lipinski definition) is 1. The second kappa shape index (κ2) is 3.38. The van der Waals surface area contributed by atoms with Crippen LogP contribution in [0.1, 0.15) is 10.6 Å². The molecule has 0 unspecified atom stereocenters. The van der Waals surface area contributed by atoms with Crippen LogP contribution in [0.15, 0.2) is 46.9 Å². The van der Waals surface area contributed by atoms with Crippen LogP contribution < -0.4 is 5.73 Å². The van der Waals surface area contributed by atoms with Gasteiger partial charge in [0.25, 0.3) is 5.91 Å². The Morgan fingerprint density at radius 3 is 2.36 bits per heavy atom. The number of carbonyl (C=O) groups excluding carboxylic acids is 1. The molecular formula is C11H9NO2. The van der Waals surface area contributed by atoms with Gasteiger partial charge in [0.05, 0.1) is 0 Å². The Kier molecular flexibility index (Phi) is 2.07. The molecule has 1 aromatic heterocycles. The second-order valence-electron chi connectivity index (χ2n) is 2.89. The molecular weight excluding hydrogens is 178 g/mol. The molecule has 0 saturated heterocycles. The van der Waals surface area contributed by atoms with Crippen molar-refractivity contribution in [2.75, 3.05) is 0 Å². The Morgan fingerprint density at radius 2 is 1.79 bits per heavy atom. The number of amides is 1. The molecule has 2 aromatic rings. The Morgan fingerprint density at radius 1 is 1.07 bits per heavy atom. The fourth-order valence-corrected chi connectivity index (χ4v) is 1.23. The number of hydrogen-bond acceptors (Lipinski definition) is 2. The SMILES string of the molecule is NC(=O)c1ccc(-c2ccccc2)o1. The van der Waals surface area contributed by atoms with Crippen molar-refractivity contribution in [3.63, 3.8) is 0 Å². The van der Waals surface area contributed by atoms with Crippen molar-refractivity contribution in [2.45, 2.75) is 0 Å². The van der Waals surface area contributed by atoms with Crippen molar-refractivity contribution in [2.24, 2.45) is 5.73 Å². The quantitative estimate of drug-likeness (QED) is 0.782. The maximum atomic E-state index is 10.8. The summed E-state index contributed by atoms with van der Waals surface area (Å²) < 4.78 is 5.26. The van der Waals surface area contributed by atoms with Gasteiger partial charge in [0.1, 0.15) is 5.76 Å². The highest BCUT2D eigenvalue weighted by Gasteiger charge is 2.07. The lowest BCUT2D eigenvalue weighted by Gasteiger charge is -1.94. The summed E-state index contributed by atoms with van der Waals surface area (Å²) in [5, 5.41) is 0. The molecule has 0 radical (unpaired) electrons. The summed E-state index contributed by atoms with van der Waals surface area (Å²) in [7, 11) is 0. The third-order valence-corrected chi connectivity index (χ3v) is 1.91. The summed E-state index contributed by atoms with van der Waals surface area (Å²) in [5.74, 6) is 0.287. The van der Waals surface area contributed by atoms with E-state index in [4.69, 9.17) is 10.2 Å². The number of rotatable bonds is 2. The molecule has 2 rings (SSSR count). The minimum atomic E-state index is -0.549. The monoisotopic (exact) mass is 187 g/mol. The van der Waals surface area contributed by atoms with Gasteiger partial charge in [-0.3, -0.25) is 4.79 Å². The van der Waals surface area contributed by atoms with Crippen LogP contribution in [0.5, 0.6) is 0 Å². The van der Waals surface area contributed by atoms with Gasteiger partial charge in [0, 0.05) is 5.56 Å². The van der Waals surface area contributed by atoms with Gasteiger partial charge in [-0.2, -0.15) is 0 Å². The predicted octanol–water partition coefficient (Wildman–Crippen LogP) is 2.05. The highest BCUT2D eigenvalue weighted by molar-refractivity contribution is 5.90. The normalized spacial score (nSPS) is 10.0. The minimum absolute atomic E-state index is 0.184. The lowest BCUT2D eigenvalue weighted by Crippen LogP contribution is -2.09. The van der Waals surface area contributed by atoms with Crippen LogP contribution in [0.25, 0.3) is 11.3 Å². The lowest BCUT2D eigenvalue weighted by molar-refractivity contribution is 0.0975. The van der Waals surface area contributed by atoms with E-state index in [0.717, 1.165) is 5.56 Å². The maximum absolute atomic E-state index is 10.8. The second-order valence-corrected chi connectivity index (χ2v) is 2.89. The summed E-state index contributed by atoms with van der Waals surface area (Å²) in [5.41, 5.74) is 6.00. The Hall–Kier alpha value is -2.03. The molecule has 14 heavy (non-hydrogen) atoms. The van der Waals surface area contributed by atoms with E-state index in [0.29, 0.717) is 5.76 Å². The third-order valence-electron chi connectivity index (χ3n) is 1.91. The van der Waals surface area contributed by atoms with Crippen LogP contribution in [0.4, 0.5) is 0 Å². The molecule has 0 aliphatic carbocycles. The van der Waals surface area contributed by atoms with Crippen molar-refractivity contribution >= 4 is 5.91 Å². The molecule has 0 fully saturated rings. The van der Waals surface area contributed by atoms with Crippen molar-refractivity contribution in [1.29, 1.82) is 0 Å². The average Bonchev–Trinajstić information content (AvgIpc) is 2.68. The third kappa shape index (κ3) is 1.52. The van der Waals surface area contributed by atoms with E-state index in [1.165, 1.54) is 0 Å². The minimum Gasteiger partial charge on any atom is -0.451 e. The van der Waals surface area contributed by atoms with Gasteiger partial charge in [-0.1, -0.05) is 30.3 Å². The number of primary amides is 1. The van der Waals surface area contributed by atoms with Gasteiger partial charge in [0.2, 0.25) is 0 Å². The number of carbonyl (C=O) groups is 1. The van der Waals surface area contributed by atoms with E-state index in [-0.39, 0.29) is 5.76 Å². The van der Waals surface area contributed by atoms with Gasteiger partial charge in [-0.25, -0.2) is 0 Å². The summed E-state index contributed by atoms with van der Waals surface area (Å²) in [6.45, 7) is 0. The number of furan rings is 1. The Balaban J connectivity index is 2.39. The number of nitrogens with two attached hydrogens (primary N) is 1. The first-order valence-electron chi connectivity index (χ1n) is 4.22. The van der Waals surface area contributed by atoms with Crippen molar-refractivity contribution in [3.05, 3.63) is 48.2 Å². The van der Waals surface area contributed by atoms with E-state index < -0.39 is 5.91 Å². The maximum Gasteiger partial charge on any atom is 0.284 e. The van der Waals surface area contributed by atoms with Crippen LogP contribution in [0, 0.1) is 0 Å². The first-order chi connectivity index (χ1) is 6.77. The van der Waals surface area contributed by atoms with E-state index in [2.05, 4.69) is 0 Å². The fourth-order valence-electron chi connectivity index (χ4n) is 1.23. The molecule has 0 bridgehead atoms. The van der Waals surface area contributed by atoms with E-state index >= 15 is 0 Å². The van der Waals surface area contributed by atoms with E-state index in [1.807, 2.05) is 30.3 Å². The largest absolute Gasteiger partial charge is 0.451 e. The summed E-state index contributed by atoms with van der Waals surface area (Å²) in [6, 6.07) is 12.8. The first kappa shape index (κ1) is 8.56. The van der Waals surface area contributed by atoms with Crippen LogP contribution in [0.3, 0.4) is 0 Å². The van der Waals surface area contributed by atoms with Gasteiger partial charge in [-0.05, 0) is 12.1 Å². The summed E-state index contributed by atoms with van der Waals surface area (Å²) in [6.07, 6.45) is 0. The fraction of sp³-hybridized carbons (Fsp3) is 0. The average molecular weight is 187 g/mol. The molecule has 1 amide bonds. The smallest absolute Gasteiger partial charge is 0.284 e. The molecule has 0 saturated carbocycles. The van der Waals surface area contributed by atoms with Gasteiger partial charge in [-0.15, -0.1) is 0 Å². The molecule has 0 aliphatic rings. The summed E-state index contributed by atoms with van der Waals surface area (Å²) >= 11 is 0. The zero-order valence-electron chi connectivity index (χ0n) is 7.44. The van der Waals surface area contributed by atoms with E-state index in [1.54, 1.807) is 12.1 Å². The van der Waals surface area contributed by atoms with Gasteiger partial charge >= 0.3 is 0 Å². The molecule has 3 heteroatoms.